The van der Waals surface area contributed by atoms with Gasteiger partial charge < -0.3 is 5.11 Å². The Morgan fingerprint density at radius 2 is 1.79 bits per heavy atom. The Morgan fingerprint density at radius 1 is 1.00 bits per heavy atom. The van der Waals surface area contributed by atoms with Crippen molar-refractivity contribution in [1.82, 2.24) is 9.97 Å². The third-order valence-corrected chi connectivity index (χ3v) is 3.34. The van der Waals surface area contributed by atoms with Crippen molar-refractivity contribution in [2.45, 2.75) is 13.5 Å². The molecule has 2 aromatic carbocycles. The number of fused-ring (bicyclic) bond motifs is 1. The first-order valence-corrected chi connectivity index (χ1v) is 6.21. The maximum Gasteiger partial charge on any atom is 0.0895 e. The maximum atomic E-state index is 9.33. The highest BCUT2D eigenvalue weighted by Gasteiger charge is 2.08. The van der Waals surface area contributed by atoms with Crippen LogP contribution in [0.15, 0.2) is 48.7 Å². The summed E-state index contributed by atoms with van der Waals surface area (Å²) < 4.78 is 0. The Labute approximate surface area is 111 Å². The van der Waals surface area contributed by atoms with Gasteiger partial charge in [0.15, 0.2) is 0 Å². The summed E-state index contributed by atoms with van der Waals surface area (Å²) in [6.45, 7) is 2.04. The first-order chi connectivity index (χ1) is 9.29. The Kier molecular flexibility index (Phi) is 2.97. The summed E-state index contributed by atoms with van der Waals surface area (Å²) in [6.07, 6.45) is 1.78. The molecule has 0 aliphatic heterocycles. The van der Waals surface area contributed by atoms with Crippen LogP contribution in [-0.2, 0) is 6.61 Å². The molecule has 19 heavy (non-hydrogen) atoms. The molecule has 3 heteroatoms. The molecule has 1 N–H and O–H groups in total. The minimum Gasteiger partial charge on any atom is -0.392 e. The average molecular weight is 250 g/mol. The Balaban J connectivity index is 2.19. The van der Waals surface area contributed by atoms with Crippen LogP contribution in [0.5, 0.6) is 0 Å². The van der Waals surface area contributed by atoms with Gasteiger partial charge in [-0.3, -0.25) is 4.98 Å². The van der Waals surface area contributed by atoms with Crippen molar-refractivity contribution in [3.8, 4) is 11.3 Å². The number of benzene rings is 2. The number of hydrogen-bond acceptors (Lipinski definition) is 3. The zero-order valence-electron chi connectivity index (χ0n) is 10.7. The van der Waals surface area contributed by atoms with E-state index in [1.165, 1.54) is 0 Å². The molecule has 0 aliphatic carbocycles. The van der Waals surface area contributed by atoms with Crippen molar-refractivity contribution >= 4 is 11.0 Å². The molecular weight excluding hydrogens is 236 g/mol. The van der Waals surface area contributed by atoms with Crippen molar-refractivity contribution in [1.29, 1.82) is 0 Å². The molecule has 0 spiro atoms. The predicted octanol–water partition coefficient (Wildman–Crippen LogP) is 3.10. The number of aliphatic hydroxyl groups is 1. The van der Waals surface area contributed by atoms with E-state index in [4.69, 9.17) is 0 Å². The Morgan fingerprint density at radius 3 is 2.58 bits per heavy atom. The van der Waals surface area contributed by atoms with Crippen LogP contribution in [0.2, 0.25) is 0 Å². The van der Waals surface area contributed by atoms with Crippen LogP contribution >= 0.6 is 0 Å². The first-order valence-electron chi connectivity index (χ1n) is 6.21. The van der Waals surface area contributed by atoms with E-state index in [-0.39, 0.29) is 6.61 Å². The van der Waals surface area contributed by atoms with Crippen molar-refractivity contribution < 1.29 is 5.11 Å². The van der Waals surface area contributed by atoms with Crippen LogP contribution in [0, 0.1) is 6.92 Å². The molecule has 0 unspecified atom stereocenters. The minimum absolute atomic E-state index is 0.0423. The average Bonchev–Trinajstić information content (AvgIpc) is 2.47. The van der Waals surface area contributed by atoms with E-state index in [0.29, 0.717) is 0 Å². The normalized spacial score (nSPS) is 10.8. The highest BCUT2D eigenvalue weighted by Crippen LogP contribution is 2.25. The van der Waals surface area contributed by atoms with Gasteiger partial charge in [-0.05, 0) is 30.2 Å². The number of aliphatic hydroxyl groups excluding tert-OH is 1. The van der Waals surface area contributed by atoms with Crippen molar-refractivity contribution in [3.05, 3.63) is 59.8 Å². The third-order valence-electron chi connectivity index (χ3n) is 3.34. The second kappa shape index (κ2) is 4.78. The summed E-state index contributed by atoms with van der Waals surface area (Å²) in [5.41, 5.74) is 5.61. The smallest absolute Gasteiger partial charge is 0.0895 e. The Hall–Kier alpha value is -2.26. The minimum atomic E-state index is 0.0423. The van der Waals surface area contributed by atoms with Crippen LogP contribution < -0.4 is 0 Å². The summed E-state index contributed by atoms with van der Waals surface area (Å²) in [5.74, 6) is 0. The van der Waals surface area contributed by atoms with Gasteiger partial charge in [0, 0.05) is 5.56 Å². The summed E-state index contributed by atoms with van der Waals surface area (Å²) in [7, 11) is 0. The molecule has 0 radical (unpaired) electrons. The molecule has 0 saturated heterocycles. The van der Waals surface area contributed by atoms with Gasteiger partial charge in [-0.1, -0.05) is 30.3 Å². The molecule has 0 aliphatic rings. The van der Waals surface area contributed by atoms with E-state index in [0.717, 1.165) is 33.4 Å². The number of rotatable bonds is 2. The highest BCUT2D eigenvalue weighted by atomic mass is 16.3. The molecule has 0 fully saturated rings. The molecule has 1 heterocycles. The van der Waals surface area contributed by atoms with Gasteiger partial charge in [0.25, 0.3) is 0 Å². The van der Waals surface area contributed by atoms with Crippen LogP contribution in [0.1, 0.15) is 11.1 Å². The van der Waals surface area contributed by atoms with E-state index in [1.807, 2.05) is 49.4 Å². The molecule has 3 nitrogen and oxygen atoms in total. The van der Waals surface area contributed by atoms with Crippen LogP contribution in [-0.4, -0.2) is 15.1 Å². The standard InChI is InChI=1S/C16H14N2O/c1-11-12(10-19)5-4-6-13(11)16-9-17-14-7-2-3-8-15(14)18-16/h2-9,19H,10H2,1H3. The summed E-state index contributed by atoms with van der Waals surface area (Å²) in [6, 6.07) is 13.7. The van der Waals surface area contributed by atoms with E-state index in [1.54, 1.807) is 6.20 Å². The lowest BCUT2D eigenvalue weighted by Crippen LogP contribution is -1.94. The fraction of sp³-hybridized carbons (Fsp3) is 0.125. The van der Waals surface area contributed by atoms with Crippen LogP contribution in [0.25, 0.3) is 22.3 Å². The molecule has 3 rings (SSSR count). The van der Waals surface area contributed by atoms with Gasteiger partial charge in [0.1, 0.15) is 0 Å². The van der Waals surface area contributed by atoms with Gasteiger partial charge in [-0.25, -0.2) is 4.98 Å². The van der Waals surface area contributed by atoms with E-state index in [2.05, 4.69) is 9.97 Å². The largest absolute Gasteiger partial charge is 0.392 e. The number of nitrogens with zero attached hydrogens (tertiary/aromatic N) is 2. The second-order valence-electron chi connectivity index (χ2n) is 4.49. The Bertz CT molecular complexity index is 738. The molecular formula is C16H14N2O. The summed E-state index contributed by atoms with van der Waals surface area (Å²) >= 11 is 0. The molecule has 0 saturated carbocycles. The van der Waals surface area contributed by atoms with Crippen molar-refractivity contribution in [2.75, 3.05) is 0 Å². The molecule has 0 amide bonds. The third kappa shape index (κ3) is 2.09. The van der Waals surface area contributed by atoms with Crippen molar-refractivity contribution in [2.24, 2.45) is 0 Å². The lowest BCUT2D eigenvalue weighted by molar-refractivity contribution is 0.281. The fourth-order valence-electron chi connectivity index (χ4n) is 2.22. The SMILES string of the molecule is Cc1c(CO)cccc1-c1cnc2ccccc2n1. The topological polar surface area (TPSA) is 46.0 Å². The van der Waals surface area contributed by atoms with Gasteiger partial charge in [0.2, 0.25) is 0 Å². The first kappa shape index (κ1) is 11.8. The second-order valence-corrected chi connectivity index (χ2v) is 4.49. The quantitative estimate of drug-likeness (QED) is 0.760. The number of aromatic nitrogens is 2. The fourth-order valence-corrected chi connectivity index (χ4v) is 2.22. The zero-order valence-corrected chi connectivity index (χ0v) is 10.7. The summed E-state index contributed by atoms with van der Waals surface area (Å²) in [5, 5.41) is 9.33. The van der Waals surface area contributed by atoms with Crippen LogP contribution in [0.3, 0.4) is 0 Å². The zero-order chi connectivity index (χ0) is 13.2. The van der Waals surface area contributed by atoms with Gasteiger partial charge in [-0.2, -0.15) is 0 Å². The van der Waals surface area contributed by atoms with E-state index < -0.39 is 0 Å². The molecule has 3 aromatic rings. The molecule has 0 atom stereocenters. The monoisotopic (exact) mass is 250 g/mol. The van der Waals surface area contributed by atoms with E-state index in [9.17, 15) is 5.11 Å². The predicted molar refractivity (Wildman–Crippen MR) is 75.6 cm³/mol. The van der Waals surface area contributed by atoms with Crippen molar-refractivity contribution in [3.63, 3.8) is 0 Å². The van der Waals surface area contributed by atoms with Gasteiger partial charge >= 0.3 is 0 Å². The molecule has 1 aromatic heterocycles. The lowest BCUT2D eigenvalue weighted by atomic mass is 10.0. The highest BCUT2D eigenvalue weighted by molar-refractivity contribution is 5.77. The lowest BCUT2D eigenvalue weighted by Gasteiger charge is -2.09. The molecule has 0 bridgehead atoms. The van der Waals surface area contributed by atoms with E-state index >= 15 is 0 Å². The number of para-hydroxylation sites is 2. The van der Waals surface area contributed by atoms with Gasteiger partial charge in [0.05, 0.1) is 29.5 Å². The van der Waals surface area contributed by atoms with Crippen LogP contribution in [0.4, 0.5) is 0 Å². The summed E-state index contributed by atoms with van der Waals surface area (Å²) in [4.78, 5) is 9.07. The maximum absolute atomic E-state index is 9.33. The number of hydrogen-bond donors (Lipinski definition) is 1. The van der Waals surface area contributed by atoms with Gasteiger partial charge in [-0.15, -0.1) is 0 Å². The molecule has 94 valence electrons.